The third-order valence-electron chi connectivity index (χ3n) is 3.34. The molecule has 0 aliphatic carbocycles. The number of halogens is 1. The number of nitrogens with one attached hydrogen (secondary N) is 1. The molecule has 2 aromatic rings. The van der Waals surface area contributed by atoms with E-state index in [1.165, 1.54) is 5.56 Å². The zero-order chi connectivity index (χ0) is 16.7. The van der Waals surface area contributed by atoms with Crippen molar-refractivity contribution in [1.82, 2.24) is 15.2 Å². The molecule has 6 heteroatoms. The monoisotopic (exact) mass is 350 g/mol. The summed E-state index contributed by atoms with van der Waals surface area (Å²) < 4.78 is 0. The molecule has 2 rings (SSSR count). The number of aliphatic imine (C=N–C) groups is 1. The Morgan fingerprint density at radius 3 is 2.70 bits per heavy atom. The van der Waals surface area contributed by atoms with Crippen molar-refractivity contribution >= 4 is 28.9 Å². The molecule has 124 valence electrons. The van der Waals surface area contributed by atoms with E-state index in [-0.39, 0.29) is 0 Å². The standard InChI is InChI=1S/C17H23ClN4S/c1-4-19-17(22(3)11-16-12-23-13(2)21-16)20-10-9-14-5-7-15(18)8-6-14/h5-8,12H,4,9-11H2,1-3H3,(H,19,20). The van der Waals surface area contributed by atoms with Gasteiger partial charge < -0.3 is 10.2 Å². The number of aryl methyl sites for hydroxylation is 1. The fourth-order valence-electron chi connectivity index (χ4n) is 2.21. The summed E-state index contributed by atoms with van der Waals surface area (Å²) in [5.41, 5.74) is 2.32. The van der Waals surface area contributed by atoms with Crippen LogP contribution in [0.5, 0.6) is 0 Å². The molecule has 0 saturated carbocycles. The van der Waals surface area contributed by atoms with Crippen LogP contribution in [0, 0.1) is 6.92 Å². The van der Waals surface area contributed by atoms with Gasteiger partial charge >= 0.3 is 0 Å². The van der Waals surface area contributed by atoms with Crippen LogP contribution in [-0.2, 0) is 13.0 Å². The molecule has 0 aliphatic rings. The molecule has 0 radical (unpaired) electrons. The van der Waals surface area contributed by atoms with Gasteiger partial charge in [0.2, 0.25) is 0 Å². The number of hydrogen-bond donors (Lipinski definition) is 1. The maximum absolute atomic E-state index is 5.91. The third kappa shape index (κ3) is 5.84. The van der Waals surface area contributed by atoms with E-state index in [1.54, 1.807) is 11.3 Å². The van der Waals surface area contributed by atoms with Crippen LogP contribution >= 0.6 is 22.9 Å². The van der Waals surface area contributed by atoms with Gasteiger partial charge in [-0.1, -0.05) is 23.7 Å². The van der Waals surface area contributed by atoms with E-state index < -0.39 is 0 Å². The predicted octanol–water partition coefficient (Wildman–Crippen LogP) is 3.74. The quantitative estimate of drug-likeness (QED) is 0.637. The molecule has 0 unspecified atom stereocenters. The molecule has 23 heavy (non-hydrogen) atoms. The van der Waals surface area contributed by atoms with E-state index in [1.807, 2.05) is 38.2 Å². The van der Waals surface area contributed by atoms with Gasteiger partial charge in [0.15, 0.2) is 5.96 Å². The Kier molecular flexibility index (Phi) is 6.86. The van der Waals surface area contributed by atoms with Crippen molar-refractivity contribution in [2.45, 2.75) is 26.8 Å². The Labute approximate surface area is 147 Å². The van der Waals surface area contributed by atoms with Crippen LogP contribution in [0.2, 0.25) is 5.02 Å². The van der Waals surface area contributed by atoms with E-state index in [4.69, 9.17) is 16.6 Å². The lowest BCUT2D eigenvalue weighted by Gasteiger charge is -2.21. The summed E-state index contributed by atoms with van der Waals surface area (Å²) in [6, 6.07) is 7.93. The second kappa shape index (κ2) is 8.89. The Morgan fingerprint density at radius 2 is 2.09 bits per heavy atom. The van der Waals surface area contributed by atoms with Crippen LogP contribution in [0.4, 0.5) is 0 Å². The molecule has 0 aliphatic heterocycles. The fourth-order valence-corrected chi connectivity index (χ4v) is 2.94. The van der Waals surface area contributed by atoms with E-state index in [2.05, 4.69) is 27.5 Å². The number of thiazole rings is 1. The maximum atomic E-state index is 5.91. The van der Waals surface area contributed by atoms with Crippen LogP contribution in [0.3, 0.4) is 0 Å². The second-order valence-electron chi connectivity index (χ2n) is 5.33. The van der Waals surface area contributed by atoms with Crippen molar-refractivity contribution < 1.29 is 0 Å². The third-order valence-corrected chi connectivity index (χ3v) is 4.41. The van der Waals surface area contributed by atoms with Crippen molar-refractivity contribution in [2.24, 2.45) is 4.99 Å². The summed E-state index contributed by atoms with van der Waals surface area (Å²) in [4.78, 5) is 11.3. The van der Waals surface area contributed by atoms with Crippen molar-refractivity contribution in [3.8, 4) is 0 Å². The van der Waals surface area contributed by atoms with Gasteiger partial charge in [-0.2, -0.15) is 0 Å². The molecule has 0 fully saturated rings. The van der Waals surface area contributed by atoms with Gasteiger partial charge in [-0.25, -0.2) is 4.98 Å². The Hall–Kier alpha value is -1.59. The lowest BCUT2D eigenvalue weighted by Crippen LogP contribution is -2.38. The first-order valence-corrected chi connectivity index (χ1v) is 8.99. The van der Waals surface area contributed by atoms with Crippen molar-refractivity contribution in [3.05, 3.63) is 50.9 Å². The van der Waals surface area contributed by atoms with Crippen LogP contribution in [0.1, 0.15) is 23.2 Å². The number of rotatable bonds is 6. The molecule has 0 spiro atoms. The Bertz CT molecular complexity index is 636. The first-order valence-electron chi connectivity index (χ1n) is 7.73. The zero-order valence-corrected chi connectivity index (χ0v) is 15.4. The van der Waals surface area contributed by atoms with Gasteiger partial charge in [-0.3, -0.25) is 4.99 Å². The Morgan fingerprint density at radius 1 is 1.35 bits per heavy atom. The summed E-state index contributed by atoms with van der Waals surface area (Å²) in [7, 11) is 2.04. The van der Waals surface area contributed by atoms with E-state index in [0.29, 0.717) is 0 Å². The lowest BCUT2D eigenvalue weighted by molar-refractivity contribution is 0.471. The predicted molar refractivity (Wildman–Crippen MR) is 99.5 cm³/mol. The van der Waals surface area contributed by atoms with Crippen molar-refractivity contribution in [3.63, 3.8) is 0 Å². The molecule has 1 aromatic carbocycles. The maximum Gasteiger partial charge on any atom is 0.194 e. The number of guanidine groups is 1. The summed E-state index contributed by atoms with van der Waals surface area (Å²) in [5, 5.41) is 7.30. The number of aromatic nitrogens is 1. The number of benzene rings is 1. The van der Waals surface area contributed by atoms with Gasteiger partial charge in [0.1, 0.15) is 0 Å². The molecule has 0 saturated heterocycles. The topological polar surface area (TPSA) is 40.5 Å². The average Bonchev–Trinajstić information content (AvgIpc) is 2.93. The van der Waals surface area contributed by atoms with Crippen molar-refractivity contribution in [2.75, 3.05) is 20.1 Å². The van der Waals surface area contributed by atoms with Gasteiger partial charge in [-0.15, -0.1) is 11.3 Å². The molecule has 0 atom stereocenters. The molecule has 0 bridgehead atoms. The van der Waals surface area contributed by atoms with Gasteiger partial charge in [0.25, 0.3) is 0 Å². The molecule has 0 amide bonds. The molecular formula is C17H23ClN4S. The highest BCUT2D eigenvalue weighted by Gasteiger charge is 2.08. The van der Waals surface area contributed by atoms with Crippen LogP contribution in [0.25, 0.3) is 0 Å². The largest absolute Gasteiger partial charge is 0.357 e. The fraction of sp³-hybridized carbons (Fsp3) is 0.412. The normalized spacial score (nSPS) is 11.6. The highest BCUT2D eigenvalue weighted by molar-refractivity contribution is 7.09. The zero-order valence-electron chi connectivity index (χ0n) is 13.8. The van der Waals surface area contributed by atoms with E-state index >= 15 is 0 Å². The lowest BCUT2D eigenvalue weighted by atomic mass is 10.1. The van der Waals surface area contributed by atoms with Crippen LogP contribution in [-0.4, -0.2) is 36.0 Å². The van der Waals surface area contributed by atoms with Gasteiger partial charge in [0.05, 0.1) is 17.2 Å². The second-order valence-corrected chi connectivity index (χ2v) is 6.82. The van der Waals surface area contributed by atoms with Crippen LogP contribution < -0.4 is 5.32 Å². The SMILES string of the molecule is CCNC(=NCCc1ccc(Cl)cc1)N(C)Cc1csc(C)n1. The Balaban J connectivity index is 1.94. The first kappa shape index (κ1) is 17.8. The minimum atomic E-state index is 0.740. The van der Waals surface area contributed by atoms with Crippen LogP contribution in [0.15, 0.2) is 34.6 Å². The summed E-state index contributed by atoms with van der Waals surface area (Å²) in [6.45, 7) is 6.46. The first-order chi connectivity index (χ1) is 11.1. The van der Waals surface area contributed by atoms with E-state index in [9.17, 15) is 0 Å². The number of hydrogen-bond acceptors (Lipinski definition) is 3. The highest BCUT2D eigenvalue weighted by Crippen LogP contribution is 2.11. The molecule has 1 heterocycles. The highest BCUT2D eigenvalue weighted by atomic mass is 35.5. The van der Waals surface area contributed by atoms with Crippen molar-refractivity contribution in [1.29, 1.82) is 0 Å². The van der Waals surface area contributed by atoms with Gasteiger partial charge in [-0.05, 0) is 38.0 Å². The smallest absolute Gasteiger partial charge is 0.194 e. The molecule has 1 N–H and O–H groups in total. The minimum Gasteiger partial charge on any atom is -0.357 e. The van der Waals surface area contributed by atoms with E-state index in [0.717, 1.165) is 47.7 Å². The molecule has 1 aromatic heterocycles. The summed E-state index contributed by atoms with van der Waals surface area (Å²) in [5.74, 6) is 0.909. The summed E-state index contributed by atoms with van der Waals surface area (Å²) in [6.07, 6.45) is 0.899. The van der Waals surface area contributed by atoms with Gasteiger partial charge in [0, 0.05) is 30.5 Å². The number of nitrogens with zero attached hydrogens (tertiary/aromatic N) is 3. The summed E-state index contributed by atoms with van der Waals surface area (Å²) >= 11 is 7.59. The molecule has 4 nitrogen and oxygen atoms in total. The minimum absolute atomic E-state index is 0.740. The molecular weight excluding hydrogens is 328 g/mol. The average molecular weight is 351 g/mol.